The van der Waals surface area contributed by atoms with Crippen LogP contribution in [0.25, 0.3) is 11.1 Å². The van der Waals surface area contributed by atoms with Crippen molar-refractivity contribution in [3.63, 3.8) is 0 Å². The molecule has 2 N–H and O–H groups in total. The Labute approximate surface area is 71.9 Å². The minimum Gasteiger partial charge on any atom is -0.422 e. The Kier molecular flexibility index (Phi) is 1.44. The first-order chi connectivity index (χ1) is 5.66. The van der Waals surface area contributed by atoms with Crippen molar-refractivity contribution in [3.8, 4) is 0 Å². The molecule has 0 atom stereocenters. The molecule has 3 nitrogen and oxygen atoms in total. The van der Waals surface area contributed by atoms with Crippen molar-refractivity contribution in [2.75, 3.05) is 5.73 Å². The molecule has 0 fully saturated rings. The Morgan fingerprint density at radius 3 is 3.00 bits per heavy atom. The zero-order valence-corrected chi connectivity index (χ0v) is 6.60. The maximum absolute atomic E-state index is 12.7. The third-order valence-electron chi connectivity index (χ3n) is 1.43. The van der Waals surface area contributed by atoms with Crippen LogP contribution in [0.3, 0.4) is 0 Å². The van der Waals surface area contributed by atoms with Crippen molar-refractivity contribution >= 4 is 28.7 Å². The lowest BCUT2D eigenvalue weighted by Gasteiger charge is -1.90. The minimum absolute atomic E-state index is 0.0162. The molecule has 5 heteroatoms. The van der Waals surface area contributed by atoms with E-state index in [4.69, 9.17) is 21.8 Å². The lowest BCUT2D eigenvalue weighted by atomic mass is 10.3. The van der Waals surface area contributed by atoms with E-state index < -0.39 is 5.82 Å². The molecule has 0 bridgehead atoms. The van der Waals surface area contributed by atoms with E-state index in [9.17, 15) is 4.39 Å². The molecule has 0 aliphatic carbocycles. The van der Waals surface area contributed by atoms with E-state index in [2.05, 4.69) is 4.98 Å². The zero-order valence-electron chi connectivity index (χ0n) is 5.84. The Bertz CT molecular complexity index is 440. The van der Waals surface area contributed by atoms with Gasteiger partial charge in [-0.2, -0.15) is 4.98 Å². The summed E-state index contributed by atoms with van der Waals surface area (Å²) in [6.45, 7) is 0. The van der Waals surface area contributed by atoms with Crippen LogP contribution in [0.2, 0.25) is 5.02 Å². The second-order valence-corrected chi connectivity index (χ2v) is 2.70. The number of nitrogens with two attached hydrogens (primary N) is 1. The number of anilines is 1. The third-order valence-corrected chi connectivity index (χ3v) is 1.71. The van der Waals surface area contributed by atoms with Gasteiger partial charge in [-0.1, -0.05) is 11.6 Å². The third kappa shape index (κ3) is 1.00. The molecule has 0 saturated heterocycles. The van der Waals surface area contributed by atoms with Crippen molar-refractivity contribution in [1.29, 1.82) is 0 Å². The van der Waals surface area contributed by atoms with E-state index in [-0.39, 0.29) is 11.0 Å². The number of nitrogens with zero attached hydrogens (tertiary/aromatic N) is 1. The van der Waals surface area contributed by atoms with Crippen LogP contribution in [0, 0.1) is 5.82 Å². The number of hydrogen-bond acceptors (Lipinski definition) is 3. The van der Waals surface area contributed by atoms with E-state index in [1.807, 2.05) is 0 Å². The monoisotopic (exact) mass is 186 g/mol. The topological polar surface area (TPSA) is 52.0 Å². The number of aromatic nitrogens is 1. The van der Waals surface area contributed by atoms with Crippen LogP contribution in [0.1, 0.15) is 0 Å². The molecule has 0 unspecified atom stereocenters. The summed E-state index contributed by atoms with van der Waals surface area (Å²) in [5, 5.41) is 0.175. The summed E-state index contributed by atoms with van der Waals surface area (Å²) in [7, 11) is 0. The largest absolute Gasteiger partial charge is 0.422 e. The quantitative estimate of drug-likeness (QED) is 0.686. The number of rotatable bonds is 0. The lowest BCUT2D eigenvalue weighted by Crippen LogP contribution is -1.80. The van der Waals surface area contributed by atoms with Crippen molar-refractivity contribution < 1.29 is 8.81 Å². The van der Waals surface area contributed by atoms with Crippen molar-refractivity contribution in [3.05, 3.63) is 23.0 Å². The fourth-order valence-electron chi connectivity index (χ4n) is 0.977. The molecule has 0 saturated carbocycles. The number of hydrogen-bond donors (Lipinski definition) is 1. The van der Waals surface area contributed by atoms with Crippen molar-refractivity contribution in [2.24, 2.45) is 0 Å². The summed E-state index contributed by atoms with van der Waals surface area (Å²) in [5.74, 6) is -0.458. The predicted molar refractivity (Wildman–Crippen MR) is 43.4 cm³/mol. The lowest BCUT2D eigenvalue weighted by molar-refractivity contribution is 0.618. The molecule has 0 aliphatic rings. The van der Waals surface area contributed by atoms with Crippen molar-refractivity contribution in [1.82, 2.24) is 4.98 Å². The molecule has 62 valence electrons. The number of nitrogen functional groups attached to an aromatic ring is 1. The molecule has 0 radical (unpaired) electrons. The Morgan fingerprint density at radius 2 is 2.25 bits per heavy atom. The van der Waals surface area contributed by atoms with Gasteiger partial charge >= 0.3 is 0 Å². The average Bonchev–Trinajstić information content (AvgIpc) is 2.29. The zero-order chi connectivity index (χ0) is 8.72. The second kappa shape index (κ2) is 2.35. The van der Waals surface area contributed by atoms with E-state index >= 15 is 0 Å². The van der Waals surface area contributed by atoms with E-state index in [0.29, 0.717) is 11.1 Å². The number of benzene rings is 1. The van der Waals surface area contributed by atoms with Gasteiger partial charge < -0.3 is 10.2 Å². The summed E-state index contributed by atoms with van der Waals surface area (Å²) >= 11 is 5.65. The van der Waals surface area contributed by atoms with Crippen molar-refractivity contribution in [2.45, 2.75) is 0 Å². The fraction of sp³-hybridized carbons (Fsp3) is 0. The van der Waals surface area contributed by atoms with Gasteiger partial charge in [0.05, 0.1) is 5.02 Å². The van der Waals surface area contributed by atoms with Gasteiger partial charge in [0.15, 0.2) is 5.58 Å². The molecule has 0 aliphatic heterocycles. The highest BCUT2D eigenvalue weighted by Gasteiger charge is 2.08. The number of fused-ring (bicyclic) bond motifs is 1. The van der Waals surface area contributed by atoms with E-state index in [1.165, 1.54) is 6.07 Å². The first-order valence-electron chi connectivity index (χ1n) is 3.18. The van der Waals surface area contributed by atoms with E-state index in [1.54, 1.807) is 0 Å². The van der Waals surface area contributed by atoms with E-state index in [0.717, 1.165) is 6.07 Å². The van der Waals surface area contributed by atoms with Crippen LogP contribution in [0.4, 0.5) is 10.4 Å². The summed E-state index contributed by atoms with van der Waals surface area (Å²) < 4.78 is 17.6. The molecule has 2 rings (SSSR count). The average molecular weight is 187 g/mol. The summed E-state index contributed by atoms with van der Waals surface area (Å²) in [4.78, 5) is 3.72. The van der Waals surface area contributed by atoms with Gasteiger partial charge in [-0.3, -0.25) is 0 Å². The highest BCUT2D eigenvalue weighted by atomic mass is 35.5. The smallest absolute Gasteiger partial charge is 0.293 e. The first-order valence-corrected chi connectivity index (χ1v) is 3.55. The normalized spacial score (nSPS) is 10.8. The highest BCUT2D eigenvalue weighted by Crippen LogP contribution is 2.26. The molecule has 2 aromatic rings. The molecule has 1 heterocycles. The van der Waals surface area contributed by atoms with Crippen LogP contribution in [-0.4, -0.2) is 4.98 Å². The van der Waals surface area contributed by atoms with Crippen LogP contribution >= 0.6 is 11.6 Å². The van der Waals surface area contributed by atoms with Gasteiger partial charge in [-0.05, 0) is 6.07 Å². The summed E-state index contributed by atoms with van der Waals surface area (Å²) in [6.07, 6.45) is 0. The van der Waals surface area contributed by atoms with Gasteiger partial charge in [0.25, 0.3) is 6.01 Å². The minimum atomic E-state index is -0.458. The number of oxazole rings is 1. The van der Waals surface area contributed by atoms with Crippen LogP contribution in [-0.2, 0) is 0 Å². The molecule has 1 aromatic carbocycles. The molecular weight excluding hydrogens is 183 g/mol. The van der Waals surface area contributed by atoms with Crippen LogP contribution < -0.4 is 5.73 Å². The summed E-state index contributed by atoms with van der Waals surface area (Å²) in [6, 6.07) is 2.34. The van der Waals surface area contributed by atoms with Gasteiger partial charge in [0, 0.05) is 6.07 Å². The standard InChI is InChI=1S/C7H4ClFN2O/c8-4-1-3(9)2-5-6(4)12-7(10)11-5/h1-2H,(H2,10,11). The fourth-order valence-corrected chi connectivity index (χ4v) is 1.22. The van der Waals surface area contributed by atoms with Gasteiger partial charge in [-0.15, -0.1) is 0 Å². The Morgan fingerprint density at radius 1 is 1.50 bits per heavy atom. The van der Waals surface area contributed by atoms with Crippen LogP contribution in [0.15, 0.2) is 16.5 Å². The predicted octanol–water partition coefficient (Wildman–Crippen LogP) is 2.20. The maximum Gasteiger partial charge on any atom is 0.293 e. The van der Waals surface area contributed by atoms with Crippen LogP contribution in [0.5, 0.6) is 0 Å². The Hall–Kier alpha value is -1.29. The SMILES string of the molecule is Nc1nc2cc(F)cc(Cl)c2o1. The molecular formula is C7H4ClFN2O. The highest BCUT2D eigenvalue weighted by molar-refractivity contribution is 6.34. The first kappa shape index (κ1) is 7.36. The maximum atomic E-state index is 12.7. The van der Waals surface area contributed by atoms with Gasteiger partial charge in [0.1, 0.15) is 11.3 Å². The van der Waals surface area contributed by atoms with Gasteiger partial charge in [-0.25, -0.2) is 4.39 Å². The molecule has 1 aromatic heterocycles. The Balaban J connectivity index is 2.88. The summed E-state index contributed by atoms with van der Waals surface area (Å²) in [5.41, 5.74) is 5.90. The molecule has 12 heavy (non-hydrogen) atoms. The molecule has 0 spiro atoms. The second-order valence-electron chi connectivity index (χ2n) is 2.29. The number of halogens is 2. The van der Waals surface area contributed by atoms with Gasteiger partial charge in [0.2, 0.25) is 0 Å². The molecule has 0 amide bonds.